The van der Waals surface area contributed by atoms with Gasteiger partial charge in [0.15, 0.2) is 12.6 Å². The van der Waals surface area contributed by atoms with Crippen molar-refractivity contribution in [2.45, 2.75) is 75.9 Å². The first-order valence-corrected chi connectivity index (χ1v) is 15.1. The van der Waals surface area contributed by atoms with Gasteiger partial charge < -0.3 is 28.6 Å². The van der Waals surface area contributed by atoms with Gasteiger partial charge in [0.2, 0.25) is 0 Å². The molecule has 2 heterocycles. The van der Waals surface area contributed by atoms with Crippen LogP contribution in [0.2, 0.25) is 20.1 Å². The van der Waals surface area contributed by atoms with E-state index in [-0.39, 0.29) is 24.5 Å². The lowest BCUT2D eigenvalue weighted by Gasteiger charge is -2.23. The minimum Gasteiger partial charge on any atom is -0.353 e. The first-order chi connectivity index (χ1) is 19.4. The monoisotopic (exact) mass is 629 g/mol. The molecule has 0 spiro atoms. The highest BCUT2D eigenvalue weighted by Crippen LogP contribution is 2.30. The molecule has 0 amide bonds. The molecule has 0 N–H and O–H groups in total. The number of aldehydes is 1. The quantitative estimate of drug-likeness (QED) is 0.183. The summed E-state index contributed by atoms with van der Waals surface area (Å²) in [6, 6.07) is 10.3. The lowest BCUT2D eigenvalue weighted by molar-refractivity contribution is -0.163. The zero-order valence-electron chi connectivity index (χ0n) is 22.3. The summed E-state index contributed by atoms with van der Waals surface area (Å²) in [6.45, 7) is 9.84. The average Bonchev–Trinajstić information content (AvgIpc) is 2.98. The van der Waals surface area contributed by atoms with Crippen LogP contribution >= 0.6 is 46.4 Å². The number of benzene rings is 2. The molecule has 2 aromatic rings. The molecule has 4 atom stereocenters. The Balaban J connectivity index is 0.000000220. The smallest absolute Gasteiger partial charge is 0.250 e. The molecule has 10 heteroatoms. The summed E-state index contributed by atoms with van der Waals surface area (Å²) in [7, 11) is 0. The van der Waals surface area contributed by atoms with Crippen LogP contribution in [0.1, 0.15) is 74.5 Å². The molecular formula is C30H35Cl4NO5. The highest BCUT2D eigenvalue weighted by atomic mass is 35.5. The maximum absolute atomic E-state index is 11.2. The van der Waals surface area contributed by atoms with Crippen LogP contribution < -0.4 is 0 Å². The minimum absolute atomic E-state index is 0.107. The fraction of sp³-hybridized carbons (Fsp3) is 0.533. The maximum atomic E-state index is 11.2. The summed E-state index contributed by atoms with van der Waals surface area (Å²) in [6.07, 6.45) is 8.28. The molecule has 2 saturated heterocycles. The molecule has 4 unspecified atom stereocenters. The van der Waals surface area contributed by atoms with Crippen LogP contribution in [0.5, 0.6) is 0 Å². The third kappa shape index (κ3) is 11.1. The molecule has 0 bridgehead atoms. The number of carbonyl (C=O) groups excluding carboxylic acids is 1. The van der Waals surface area contributed by atoms with Crippen LogP contribution in [0.15, 0.2) is 36.4 Å². The maximum Gasteiger partial charge on any atom is 0.250 e. The molecular weight excluding hydrogens is 596 g/mol. The molecule has 6 nitrogen and oxygen atoms in total. The van der Waals surface area contributed by atoms with Gasteiger partial charge in [0.25, 0.3) is 6.04 Å². The van der Waals surface area contributed by atoms with Crippen molar-refractivity contribution in [3.05, 3.63) is 79.0 Å². The van der Waals surface area contributed by atoms with Crippen molar-refractivity contribution in [2.75, 3.05) is 26.4 Å². The summed E-state index contributed by atoms with van der Waals surface area (Å²) in [5, 5.41) is 1.94. The van der Waals surface area contributed by atoms with Crippen molar-refractivity contribution in [3.63, 3.8) is 0 Å². The third-order valence-electron chi connectivity index (χ3n) is 6.72. The number of hydrogen-bond acceptors (Lipinski definition) is 5. The molecule has 218 valence electrons. The van der Waals surface area contributed by atoms with Crippen molar-refractivity contribution >= 4 is 52.7 Å². The van der Waals surface area contributed by atoms with Crippen LogP contribution in [0.25, 0.3) is 4.85 Å². The van der Waals surface area contributed by atoms with Gasteiger partial charge in [0.05, 0.1) is 39.7 Å². The van der Waals surface area contributed by atoms with E-state index in [1.807, 2.05) is 12.1 Å². The molecule has 2 aliphatic heterocycles. The molecule has 4 rings (SSSR count). The van der Waals surface area contributed by atoms with Gasteiger partial charge in [-0.2, -0.15) is 0 Å². The van der Waals surface area contributed by atoms with Crippen molar-refractivity contribution < 1.29 is 23.7 Å². The number of carbonyl (C=O) groups is 1. The van der Waals surface area contributed by atoms with E-state index in [2.05, 4.69) is 4.85 Å². The normalized spacial score (nSPS) is 20.5. The second-order valence-electron chi connectivity index (χ2n) is 9.65. The van der Waals surface area contributed by atoms with Crippen molar-refractivity contribution in [1.29, 1.82) is 0 Å². The van der Waals surface area contributed by atoms with Gasteiger partial charge in [-0.1, -0.05) is 52.5 Å². The average molecular weight is 631 g/mol. The zero-order chi connectivity index (χ0) is 28.7. The standard InChI is InChI=1S/C15H17Cl2NO2.C15H18Cl2O3/c1-18-14(11-5-6-12(16)13(17)10-11)7-9-20-15-4-2-3-8-19-15;16-13-5-4-11(9-14(13)17)12(10-18)6-8-20-15-3-1-2-7-19-15/h5-6,10,14-15H,2-4,7-9H2;4-5,9-10,12,15H,1-3,6-8H2. The van der Waals surface area contributed by atoms with Gasteiger partial charge in [-0.15, -0.1) is 0 Å². The minimum atomic E-state index is -0.256. The van der Waals surface area contributed by atoms with E-state index < -0.39 is 0 Å². The second-order valence-corrected chi connectivity index (χ2v) is 11.3. The van der Waals surface area contributed by atoms with E-state index in [9.17, 15) is 4.79 Å². The molecule has 2 aliphatic rings. The summed E-state index contributed by atoms with van der Waals surface area (Å²) < 4.78 is 22.3. The van der Waals surface area contributed by atoms with Crippen molar-refractivity contribution in [3.8, 4) is 0 Å². The van der Waals surface area contributed by atoms with Gasteiger partial charge in [-0.25, -0.2) is 6.57 Å². The molecule has 0 saturated carbocycles. The van der Waals surface area contributed by atoms with Gasteiger partial charge in [-0.05, 0) is 80.8 Å². The predicted molar refractivity (Wildman–Crippen MR) is 159 cm³/mol. The zero-order valence-corrected chi connectivity index (χ0v) is 25.4. The fourth-order valence-corrected chi connectivity index (χ4v) is 5.02. The van der Waals surface area contributed by atoms with E-state index >= 15 is 0 Å². The summed E-state index contributed by atoms with van der Waals surface area (Å²) in [4.78, 5) is 14.9. The Morgan fingerprint density at radius 3 is 1.80 bits per heavy atom. The number of rotatable bonds is 11. The molecule has 40 heavy (non-hydrogen) atoms. The van der Waals surface area contributed by atoms with E-state index in [0.717, 1.165) is 69.2 Å². The highest BCUT2D eigenvalue weighted by molar-refractivity contribution is 6.42. The molecule has 2 aromatic carbocycles. The third-order valence-corrected chi connectivity index (χ3v) is 8.20. The number of halogens is 4. The summed E-state index contributed by atoms with van der Waals surface area (Å²) in [5.41, 5.74) is 1.74. The summed E-state index contributed by atoms with van der Waals surface area (Å²) >= 11 is 23.7. The van der Waals surface area contributed by atoms with Gasteiger partial charge >= 0.3 is 0 Å². The van der Waals surface area contributed by atoms with Crippen LogP contribution in [-0.4, -0.2) is 45.3 Å². The Morgan fingerprint density at radius 2 is 1.32 bits per heavy atom. The number of hydrogen-bond donors (Lipinski definition) is 0. The van der Waals surface area contributed by atoms with Crippen molar-refractivity contribution in [1.82, 2.24) is 0 Å². The van der Waals surface area contributed by atoms with Gasteiger partial charge in [-0.3, -0.25) is 0 Å². The van der Waals surface area contributed by atoms with Crippen LogP contribution in [0, 0.1) is 6.57 Å². The van der Waals surface area contributed by atoms with E-state index in [0.29, 0.717) is 46.1 Å². The number of ether oxygens (including phenoxy) is 4. The Bertz CT molecular complexity index is 1100. The van der Waals surface area contributed by atoms with Crippen LogP contribution in [-0.2, 0) is 23.7 Å². The Labute approximate surface area is 256 Å². The Morgan fingerprint density at radius 1 is 0.800 bits per heavy atom. The van der Waals surface area contributed by atoms with E-state index in [1.54, 1.807) is 24.3 Å². The Hall–Kier alpha value is -1.40. The molecule has 0 aliphatic carbocycles. The van der Waals surface area contributed by atoms with Crippen molar-refractivity contribution in [2.24, 2.45) is 0 Å². The molecule has 2 fully saturated rings. The highest BCUT2D eigenvalue weighted by Gasteiger charge is 2.20. The largest absolute Gasteiger partial charge is 0.353 e. The van der Waals surface area contributed by atoms with E-state index in [1.165, 1.54) is 0 Å². The lowest BCUT2D eigenvalue weighted by Crippen LogP contribution is -2.23. The topological polar surface area (TPSA) is 58.4 Å². The summed E-state index contributed by atoms with van der Waals surface area (Å²) in [5.74, 6) is -0.228. The number of nitrogens with zero attached hydrogens (tertiary/aromatic N) is 1. The van der Waals surface area contributed by atoms with Crippen LogP contribution in [0.3, 0.4) is 0 Å². The van der Waals surface area contributed by atoms with Crippen LogP contribution in [0.4, 0.5) is 0 Å². The predicted octanol–water partition coefficient (Wildman–Crippen LogP) is 9.10. The lowest BCUT2D eigenvalue weighted by atomic mass is 9.98. The van der Waals surface area contributed by atoms with E-state index in [4.69, 9.17) is 71.9 Å². The van der Waals surface area contributed by atoms with Gasteiger partial charge in [0, 0.05) is 24.7 Å². The van der Waals surface area contributed by atoms with Gasteiger partial charge in [0.1, 0.15) is 6.29 Å². The Kier molecular flexibility index (Phi) is 15.1. The molecule has 0 aromatic heterocycles. The SMILES string of the molecule is O=CC(CCOC1CCCCO1)c1ccc(Cl)c(Cl)c1.[C-]#[N+]C(CCOC1CCCCO1)c1ccc(Cl)c(Cl)c1. The fourth-order valence-electron chi connectivity index (χ4n) is 4.40. The second kappa shape index (κ2) is 18.2. The molecule has 0 radical (unpaired) electrons. The first-order valence-electron chi connectivity index (χ1n) is 13.6. The first kappa shape index (κ1) is 33.1.